The fourth-order valence-electron chi connectivity index (χ4n) is 1.46. The summed E-state index contributed by atoms with van der Waals surface area (Å²) in [4.78, 5) is 14.3. The van der Waals surface area contributed by atoms with Crippen molar-refractivity contribution in [3.05, 3.63) is 0 Å². The third kappa shape index (κ3) is 5.25. The summed E-state index contributed by atoms with van der Waals surface area (Å²) in [6.07, 6.45) is 1.20. The van der Waals surface area contributed by atoms with Crippen molar-refractivity contribution in [2.75, 3.05) is 48.7 Å². The van der Waals surface area contributed by atoms with Gasteiger partial charge in [-0.15, -0.1) is 0 Å². The maximum absolute atomic E-state index is 11.2. The van der Waals surface area contributed by atoms with Gasteiger partial charge in [-0.05, 0) is 6.92 Å². The predicted molar refractivity (Wildman–Crippen MR) is 76.5 cm³/mol. The molecule has 0 radical (unpaired) electrons. The summed E-state index contributed by atoms with van der Waals surface area (Å²) >= 11 is 0. The summed E-state index contributed by atoms with van der Waals surface area (Å²) in [6, 6.07) is -0.280. The fourth-order valence-corrected chi connectivity index (χ4v) is 2.45. The first-order valence-corrected chi connectivity index (χ1v) is 7.82. The first-order chi connectivity index (χ1) is 8.71. The van der Waals surface area contributed by atoms with Gasteiger partial charge >= 0.3 is 0 Å². The number of rotatable bonds is 6. The molecule has 0 amide bonds. The van der Waals surface area contributed by atoms with Gasteiger partial charge in [-0.25, -0.2) is 8.42 Å². The highest BCUT2D eigenvalue weighted by Crippen LogP contribution is 2.12. The summed E-state index contributed by atoms with van der Waals surface area (Å²) in [5, 5.41) is 5.80. The Kier molecular flexibility index (Phi) is 4.87. The Balaban J connectivity index is 2.91. The van der Waals surface area contributed by atoms with Crippen LogP contribution in [0.1, 0.15) is 6.92 Å². The van der Waals surface area contributed by atoms with Gasteiger partial charge in [0.15, 0.2) is 0 Å². The highest BCUT2D eigenvalue weighted by molar-refractivity contribution is 7.90. The zero-order chi connectivity index (χ0) is 14.6. The molecule has 1 unspecified atom stereocenters. The van der Waals surface area contributed by atoms with Crippen LogP contribution in [-0.4, -0.2) is 62.6 Å². The number of sulfone groups is 1. The maximum atomic E-state index is 11.2. The molecule has 19 heavy (non-hydrogen) atoms. The van der Waals surface area contributed by atoms with Crippen LogP contribution in [0.15, 0.2) is 0 Å². The van der Waals surface area contributed by atoms with Crippen LogP contribution < -0.4 is 15.5 Å². The first kappa shape index (κ1) is 15.4. The first-order valence-electron chi connectivity index (χ1n) is 5.76. The Bertz CT molecular complexity index is 531. The standard InChI is InChI=1S/C10H20N6O2S/c1-7(6-19(5,17)18)12-9-13-8(11-2)14-10(15-9)16(3)4/h7H,6H2,1-5H3,(H2,11,12,13,14,15). The van der Waals surface area contributed by atoms with Crippen molar-refractivity contribution in [3.8, 4) is 0 Å². The summed E-state index contributed by atoms with van der Waals surface area (Å²) in [7, 11) is 2.30. The van der Waals surface area contributed by atoms with E-state index in [1.807, 2.05) is 14.1 Å². The van der Waals surface area contributed by atoms with Crippen LogP contribution in [0.25, 0.3) is 0 Å². The van der Waals surface area contributed by atoms with Gasteiger partial charge in [-0.3, -0.25) is 0 Å². The molecule has 0 aliphatic rings. The number of aromatic nitrogens is 3. The Morgan fingerprint density at radius 1 is 1.21 bits per heavy atom. The molecule has 0 aliphatic heterocycles. The number of hydrogen-bond acceptors (Lipinski definition) is 8. The summed E-state index contributed by atoms with van der Waals surface area (Å²) in [6.45, 7) is 1.76. The fraction of sp³-hybridized carbons (Fsp3) is 0.700. The lowest BCUT2D eigenvalue weighted by Gasteiger charge is -2.16. The van der Waals surface area contributed by atoms with Crippen LogP contribution in [0.5, 0.6) is 0 Å². The molecule has 1 rings (SSSR count). The average Bonchev–Trinajstić information content (AvgIpc) is 2.25. The van der Waals surface area contributed by atoms with Gasteiger partial charge in [0.25, 0.3) is 0 Å². The Morgan fingerprint density at radius 2 is 1.79 bits per heavy atom. The van der Waals surface area contributed by atoms with E-state index in [-0.39, 0.29) is 11.8 Å². The molecule has 0 spiro atoms. The van der Waals surface area contributed by atoms with Crippen molar-refractivity contribution in [1.29, 1.82) is 0 Å². The predicted octanol–water partition coefficient (Wildman–Crippen LogP) is -0.176. The molecule has 8 nitrogen and oxygen atoms in total. The lowest BCUT2D eigenvalue weighted by atomic mass is 10.4. The lowest BCUT2D eigenvalue weighted by Crippen LogP contribution is -2.27. The average molecular weight is 288 g/mol. The van der Waals surface area contributed by atoms with Crippen molar-refractivity contribution in [3.63, 3.8) is 0 Å². The smallest absolute Gasteiger partial charge is 0.231 e. The monoisotopic (exact) mass is 288 g/mol. The van der Waals surface area contributed by atoms with E-state index in [2.05, 4.69) is 25.6 Å². The number of anilines is 3. The Hall–Kier alpha value is -1.64. The zero-order valence-electron chi connectivity index (χ0n) is 11.8. The van der Waals surface area contributed by atoms with E-state index in [0.29, 0.717) is 17.8 Å². The molecule has 1 aromatic rings. The van der Waals surface area contributed by atoms with Gasteiger partial charge in [0.2, 0.25) is 17.8 Å². The molecule has 0 fully saturated rings. The minimum atomic E-state index is -3.05. The molecule has 9 heteroatoms. The van der Waals surface area contributed by atoms with Crippen molar-refractivity contribution >= 4 is 27.7 Å². The normalized spacial score (nSPS) is 12.9. The van der Waals surface area contributed by atoms with E-state index >= 15 is 0 Å². The summed E-state index contributed by atoms with van der Waals surface area (Å²) in [5.74, 6) is 1.28. The van der Waals surface area contributed by atoms with Gasteiger partial charge < -0.3 is 15.5 Å². The molecule has 108 valence electrons. The molecular formula is C10H20N6O2S. The van der Waals surface area contributed by atoms with E-state index in [1.165, 1.54) is 6.26 Å². The lowest BCUT2D eigenvalue weighted by molar-refractivity contribution is 0.597. The molecule has 1 aromatic heterocycles. The topological polar surface area (TPSA) is 100 Å². The minimum Gasteiger partial charge on any atom is -0.357 e. The molecule has 0 saturated heterocycles. The van der Waals surface area contributed by atoms with Crippen LogP contribution >= 0.6 is 0 Å². The summed E-state index contributed by atoms with van der Waals surface area (Å²) in [5.41, 5.74) is 0. The molecular weight excluding hydrogens is 268 g/mol. The molecule has 0 aromatic carbocycles. The number of nitrogens with zero attached hydrogens (tertiary/aromatic N) is 4. The van der Waals surface area contributed by atoms with Crippen LogP contribution in [0.2, 0.25) is 0 Å². The van der Waals surface area contributed by atoms with E-state index in [0.717, 1.165) is 0 Å². The van der Waals surface area contributed by atoms with Gasteiger partial charge in [0.05, 0.1) is 5.75 Å². The second-order valence-electron chi connectivity index (χ2n) is 4.56. The highest BCUT2D eigenvalue weighted by atomic mass is 32.2. The molecule has 0 aliphatic carbocycles. The van der Waals surface area contributed by atoms with Crippen molar-refractivity contribution in [2.45, 2.75) is 13.0 Å². The van der Waals surface area contributed by atoms with Crippen LogP contribution in [0.3, 0.4) is 0 Å². The van der Waals surface area contributed by atoms with Gasteiger partial charge in [-0.2, -0.15) is 15.0 Å². The van der Waals surface area contributed by atoms with Gasteiger partial charge in [-0.1, -0.05) is 0 Å². The number of hydrogen-bond donors (Lipinski definition) is 2. The molecule has 1 atom stereocenters. The zero-order valence-corrected chi connectivity index (χ0v) is 12.6. The van der Waals surface area contributed by atoms with Gasteiger partial charge in [0.1, 0.15) is 9.84 Å². The molecule has 0 saturated carbocycles. The molecule has 1 heterocycles. The largest absolute Gasteiger partial charge is 0.357 e. The SMILES string of the molecule is CNc1nc(NC(C)CS(C)(=O)=O)nc(N(C)C)n1. The Labute approximate surface area is 113 Å². The van der Waals surface area contributed by atoms with Crippen LogP contribution in [0, 0.1) is 0 Å². The van der Waals surface area contributed by atoms with E-state index in [9.17, 15) is 8.42 Å². The minimum absolute atomic E-state index is 0.0187. The van der Waals surface area contributed by atoms with Crippen LogP contribution in [0.4, 0.5) is 17.8 Å². The second-order valence-corrected chi connectivity index (χ2v) is 6.75. The van der Waals surface area contributed by atoms with Crippen LogP contribution in [-0.2, 0) is 9.84 Å². The third-order valence-electron chi connectivity index (χ3n) is 2.18. The molecule has 2 N–H and O–H groups in total. The van der Waals surface area contributed by atoms with Gasteiger partial charge in [0, 0.05) is 33.4 Å². The maximum Gasteiger partial charge on any atom is 0.231 e. The van der Waals surface area contributed by atoms with E-state index in [4.69, 9.17) is 0 Å². The van der Waals surface area contributed by atoms with Crippen molar-refractivity contribution in [2.24, 2.45) is 0 Å². The van der Waals surface area contributed by atoms with Crippen molar-refractivity contribution in [1.82, 2.24) is 15.0 Å². The second kappa shape index (κ2) is 6.00. The Morgan fingerprint density at radius 3 is 2.26 bits per heavy atom. The third-order valence-corrected chi connectivity index (χ3v) is 3.28. The summed E-state index contributed by atoms with van der Waals surface area (Å²) < 4.78 is 22.4. The van der Waals surface area contributed by atoms with E-state index < -0.39 is 9.84 Å². The van der Waals surface area contributed by atoms with Crippen molar-refractivity contribution < 1.29 is 8.42 Å². The van der Waals surface area contributed by atoms with E-state index in [1.54, 1.807) is 18.9 Å². The molecule has 0 bridgehead atoms. The number of nitrogens with one attached hydrogen (secondary N) is 2. The quantitative estimate of drug-likeness (QED) is 0.744. The highest BCUT2D eigenvalue weighted by Gasteiger charge is 2.13.